The number of carbonyl (C=O) groups is 2. The third-order valence-electron chi connectivity index (χ3n) is 5.45. The molecule has 1 heterocycles. The number of aryl methyl sites for hydroxylation is 1. The highest BCUT2D eigenvalue weighted by Gasteiger charge is 2.31. The number of rotatable bonds is 8. The third kappa shape index (κ3) is 7.28. The average molecular weight is 629 g/mol. The van der Waals surface area contributed by atoms with Gasteiger partial charge in [0.15, 0.2) is 11.0 Å². The van der Waals surface area contributed by atoms with Crippen molar-refractivity contribution in [3.8, 4) is 5.69 Å². The van der Waals surface area contributed by atoms with E-state index in [0.29, 0.717) is 22.1 Å². The van der Waals surface area contributed by atoms with Crippen LogP contribution in [0.1, 0.15) is 27.3 Å². The molecule has 208 valence electrons. The summed E-state index contributed by atoms with van der Waals surface area (Å²) in [6.45, 7) is 1.87. The minimum atomic E-state index is -4.60. The van der Waals surface area contributed by atoms with Crippen molar-refractivity contribution in [2.24, 2.45) is 0 Å². The summed E-state index contributed by atoms with van der Waals surface area (Å²) in [5.74, 6) is -0.840. The lowest BCUT2D eigenvalue weighted by molar-refractivity contribution is -0.137. The largest absolute Gasteiger partial charge is 0.416 e. The molecule has 40 heavy (non-hydrogen) atoms. The van der Waals surface area contributed by atoms with E-state index in [4.69, 9.17) is 34.8 Å². The summed E-state index contributed by atoms with van der Waals surface area (Å²) in [4.78, 5) is 25.3. The van der Waals surface area contributed by atoms with Crippen LogP contribution in [0.5, 0.6) is 0 Å². The van der Waals surface area contributed by atoms with Gasteiger partial charge in [0, 0.05) is 5.56 Å². The van der Waals surface area contributed by atoms with E-state index in [-0.39, 0.29) is 39.1 Å². The molecule has 0 aliphatic heterocycles. The minimum Gasteiger partial charge on any atom is -0.345 e. The molecular weight excluding hydrogens is 610 g/mol. The van der Waals surface area contributed by atoms with Crippen LogP contribution in [-0.4, -0.2) is 32.3 Å². The molecule has 4 rings (SSSR count). The van der Waals surface area contributed by atoms with E-state index in [1.165, 1.54) is 0 Å². The number of hydrogen-bond donors (Lipinski definition) is 2. The van der Waals surface area contributed by atoms with Crippen LogP contribution in [0.15, 0.2) is 65.8 Å². The topological polar surface area (TPSA) is 88.9 Å². The second-order valence-corrected chi connectivity index (χ2v) is 10.6. The third-order valence-corrected chi connectivity index (χ3v) is 7.45. The Morgan fingerprint density at radius 1 is 0.950 bits per heavy atom. The summed E-state index contributed by atoms with van der Waals surface area (Å²) in [6.07, 6.45) is -4.60. The zero-order valence-corrected chi connectivity index (χ0v) is 23.6. The zero-order valence-electron chi connectivity index (χ0n) is 20.5. The van der Waals surface area contributed by atoms with Crippen LogP contribution in [-0.2, 0) is 17.5 Å². The first kappa shape index (κ1) is 29.7. The van der Waals surface area contributed by atoms with E-state index < -0.39 is 17.6 Å². The van der Waals surface area contributed by atoms with Gasteiger partial charge in [-0.25, -0.2) is 0 Å². The Bertz CT molecular complexity index is 1580. The number of aromatic nitrogens is 3. The van der Waals surface area contributed by atoms with E-state index >= 15 is 0 Å². The molecule has 0 radical (unpaired) electrons. The fourth-order valence-corrected chi connectivity index (χ4v) is 4.78. The molecule has 0 fully saturated rings. The maximum atomic E-state index is 13.1. The van der Waals surface area contributed by atoms with Gasteiger partial charge in [0.05, 0.1) is 44.3 Å². The monoisotopic (exact) mass is 627 g/mol. The zero-order chi connectivity index (χ0) is 29.0. The van der Waals surface area contributed by atoms with E-state index in [1.807, 2.05) is 13.0 Å². The van der Waals surface area contributed by atoms with Crippen LogP contribution < -0.4 is 10.6 Å². The summed E-state index contributed by atoms with van der Waals surface area (Å²) in [5, 5.41) is 14.3. The lowest BCUT2D eigenvalue weighted by atomic mass is 10.1. The van der Waals surface area contributed by atoms with E-state index in [9.17, 15) is 22.8 Å². The first-order valence-corrected chi connectivity index (χ1v) is 13.6. The first-order chi connectivity index (χ1) is 18.9. The van der Waals surface area contributed by atoms with Crippen molar-refractivity contribution in [2.75, 3.05) is 11.1 Å². The molecule has 0 atom stereocenters. The standard InChI is InChI=1S/C26H19Cl3F3N5O2S/c1-14-3-2-4-15(9-14)24(39)33-12-22-35-36-25(37(22)17-6-8-18(27)20(29)11-17)40-13-23(38)34-21-10-16(26(30,31)32)5-7-19(21)28/h2-11H,12-13H2,1H3,(H,33,39)(H,34,38). The number of nitrogens with zero attached hydrogens (tertiary/aromatic N) is 3. The van der Waals surface area contributed by atoms with Crippen molar-refractivity contribution in [3.63, 3.8) is 0 Å². The molecule has 14 heteroatoms. The van der Waals surface area contributed by atoms with Crippen LogP contribution in [0.25, 0.3) is 5.69 Å². The molecule has 0 bridgehead atoms. The van der Waals surface area contributed by atoms with Gasteiger partial charge >= 0.3 is 6.18 Å². The molecule has 0 saturated heterocycles. The van der Waals surface area contributed by atoms with Gasteiger partial charge in [0.1, 0.15) is 0 Å². The fraction of sp³-hybridized carbons (Fsp3) is 0.154. The van der Waals surface area contributed by atoms with Crippen molar-refractivity contribution in [2.45, 2.75) is 24.8 Å². The SMILES string of the molecule is Cc1cccc(C(=O)NCc2nnc(SCC(=O)Nc3cc(C(F)(F)F)ccc3Cl)n2-c2ccc(Cl)c(Cl)c2)c1. The summed E-state index contributed by atoms with van der Waals surface area (Å²) >= 11 is 19.2. The second kappa shape index (κ2) is 12.5. The highest BCUT2D eigenvalue weighted by atomic mass is 35.5. The van der Waals surface area contributed by atoms with Gasteiger partial charge < -0.3 is 10.6 Å². The fourth-order valence-electron chi connectivity index (χ4n) is 3.55. The van der Waals surface area contributed by atoms with Crippen molar-refractivity contribution in [1.82, 2.24) is 20.1 Å². The number of anilines is 1. The van der Waals surface area contributed by atoms with E-state index in [2.05, 4.69) is 20.8 Å². The van der Waals surface area contributed by atoms with Crippen LogP contribution in [0.2, 0.25) is 15.1 Å². The van der Waals surface area contributed by atoms with Crippen molar-refractivity contribution < 1.29 is 22.8 Å². The number of thioether (sulfide) groups is 1. The molecule has 0 saturated carbocycles. The van der Waals surface area contributed by atoms with E-state index in [1.54, 1.807) is 41.0 Å². The van der Waals surface area contributed by atoms with Gasteiger partial charge in [-0.2, -0.15) is 13.2 Å². The predicted molar refractivity (Wildman–Crippen MR) is 150 cm³/mol. The number of nitrogens with one attached hydrogen (secondary N) is 2. The molecule has 2 amide bonds. The Morgan fingerprint density at radius 2 is 1.70 bits per heavy atom. The second-order valence-electron chi connectivity index (χ2n) is 8.41. The molecule has 4 aromatic rings. The normalized spacial score (nSPS) is 11.4. The number of benzene rings is 3. The molecule has 0 aliphatic rings. The summed E-state index contributed by atoms with van der Waals surface area (Å²) in [7, 11) is 0. The Balaban J connectivity index is 1.54. The van der Waals surface area contributed by atoms with Crippen LogP contribution >= 0.6 is 46.6 Å². The summed E-state index contributed by atoms with van der Waals surface area (Å²) in [6, 6.07) is 14.5. The Kier molecular flexibility index (Phi) is 9.29. The van der Waals surface area contributed by atoms with Gasteiger partial charge in [-0.15, -0.1) is 10.2 Å². The molecular formula is C26H19Cl3F3N5O2S. The van der Waals surface area contributed by atoms with Gasteiger partial charge in [0.2, 0.25) is 5.91 Å². The molecule has 7 nitrogen and oxygen atoms in total. The van der Waals surface area contributed by atoms with Gasteiger partial charge in [0.25, 0.3) is 5.91 Å². The Labute approximate surface area is 246 Å². The van der Waals surface area contributed by atoms with Gasteiger partial charge in [-0.3, -0.25) is 14.2 Å². The maximum Gasteiger partial charge on any atom is 0.416 e. The van der Waals surface area contributed by atoms with Crippen LogP contribution in [0.4, 0.5) is 18.9 Å². The van der Waals surface area contributed by atoms with Crippen LogP contribution in [0.3, 0.4) is 0 Å². The summed E-state index contributed by atoms with van der Waals surface area (Å²) < 4.78 is 40.8. The van der Waals surface area contributed by atoms with Crippen molar-refractivity contribution in [3.05, 3.63) is 98.2 Å². The molecule has 2 N–H and O–H groups in total. The molecule has 0 spiro atoms. The molecule has 1 aromatic heterocycles. The Hall–Kier alpha value is -3.25. The van der Waals surface area contributed by atoms with Crippen molar-refractivity contribution in [1.29, 1.82) is 0 Å². The smallest absolute Gasteiger partial charge is 0.345 e. The lowest BCUT2D eigenvalue weighted by Crippen LogP contribution is -2.24. The first-order valence-electron chi connectivity index (χ1n) is 11.5. The number of amides is 2. The number of carbonyl (C=O) groups excluding carboxylic acids is 2. The average Bonchev–Trinajstić information content (AvgIpc) is 3.31. The lowest BCUT2D eigenvalue weighted by Gasteiger charge is -2.13. The van der Waals surface area contributed by atoms with Crippen molar-refractivity contribution >= 4 is 64.1 Å². The predicted octanol–water partition coefficient (Wildman–Crippen LogP) is 7.22. The summed E-state index contributed by atoms with van der Waals surface area (Å²) in [5.41, 5.74) is 0.794. The van der Waals surface area contributed by atoms with Gasteiger partial charge in [-0.05, 0) is 55.5 Å². The maximum absolute atomic E-state index is 13.1. The number of halogens is 6. The molecule has 3 aromatic carbocycles. The van der Waals surface area contributed by atoms with Gasteiger partial charge in [-0.1, -0.05) is 64.3 Å². The highest BCUT2D eigenvalue weighted by Crippen LogP contribution is 2.34. The van der Waals surface area contributed by atoms with Crippen LogP contribution in [0, 0.1) is 6.92 Å². The molecule has 0 unspecified atom stereocenters. The number of alkyl halides is 3. The highest BCUT2D eigenvalue weighted by molar-refractivity contribution is 7.99. The quantitative estimate of drug-likeness (QED) is 0.201. The van der Waals surface area contributed by atoms with E-state index in [0.717, 1.165) is 35.5 Å². The Morgan fingerprint density at radius 3 is 2.40 bits per heavy atom. The molecule has 0 aliphatic carbocycles. The minimum absolute atomic E-state index is 0.00732. The number of hydrogen-bond acceptors (Lipinski definition) is 5.